The van der Waals surface area contributed by atoms with E-state index in [9.17, 15) is 0 Å². The second kappa shape index (κ2) is 7.71. The van der Waals surface area contributed by atoms with E-state index in [1.54, 1.807) is 5.56 Å². The summed E-state index contributed by atoms with van der Waals surface area (Å²) in [5, 5.41) is 0. The smallest absolute Gasteiger partial charge is 0.0691 e. The Labute approximate surface area is 202 Å². The lowest BCUT2D eigenvalue weighted by Gasteiger charge is -2.56. The summed E-state index contributed by atoms with van der Waals surface area (Å²) in [4.78, 5) is 0. The molecule has 180 valence electrons. The van der Waals surface area contributed by atoms with Crippen LogP contribution in [-0.2, 0) is 4.74 Å². The van der Waals surface area contributed by atoms with Crippen molar-refractivity contribution in [2.45, 2.75) is 110 Å². The molecule has 33 heavy (non-hydrogen) atoms. The Morgan fingerprint density at radius 3 is 2.39 bits per heavy atom. The van der Waals surface area contributed by atoms with Crippen LogP contribution in [0.25, 0.3) is 0 Å². The van der Waals surface area contributed by atoms with Crippen molar-refractivity contribution in [1.82, 2.24) is 0 Å². The molecule has 0 radical (unpaired) electrons. The van der Waals surface area contributed by atoms with E-state index in [0.717, 1.165) is 30.3 Å². The third-order valence-electron chi connectivity index (χ3n) is 11.5. The quantitative estimate of drug-likeness (QED) is 0.392. The van der Waals surface area contributed by atoms with Gasteiger partial charge in [0.15, 0.2) is 0 Å². The summed E-state index contributed by atoms with van der Waals surface area (Å²) in [6.07, 6.45) is 13.6. The highest BCUT2D eigenvalue weighted by molar-refractivity contribution is 5.41. The Kier molecular flexibility index (Phi) is 5.23. The van der Waals surface area contributed by atoms with Gasteiger partial charge in [-0.1, -0.05) is 68.7 Å². The molecule has 7 unspecified atom stereocenters. The van der Waals surface area contributed by atoms with Crippen LogP contribution in [0.4, 0.5) is 0 Å². The van der Waals surface area contributed by atoms with Crippen LogP contribution in [0.1, 0.15) is 109 Å². The summed E-state index contributed by atoms with van der Waals surface area (Å²) >= 11 is 0. The molecular formula is C32H46O. The van der Waals surface area contributed by atoms with E-state index < -0.39 is 0 Å². The second-order valence-electron chi connectivity index (χ2n) is 14.0. The number of ether oxygens (including phenoxy) is 1. The summed E-state index contributed by atoms with van der Waals surface area (Å²) in [6.45, 7) is 13.2. The van der Waals surface area contributed by atoms with Crippen molar-refractivity contribution in [3.05, 3.63) is 46.5 Å². The van der Waals surface area contributed by atoms with Crippen molar-refractivity contribution in [2.75, 3.05) is 6.61 Å². The minimum absolute atomic E-state index is 0.182. The molecule has 1 spiro atoms. The van der Waals surface area contributed by atoms with Gasteiger partial charge in [-0.2, -0.15) is 0 Å². The fourth-order valence-electron chi connectivity index (χ4n) is 9.10. The molecular weight excluding hydrogens is 400 g/mol. The van der Waals surface area contributed by atoms with Crippen molar-refractivity contribution < 1.29 is 4.74 Å². The van der Waals surface area contributed by atoms with Crippen molar-refractivity contribution in [3.63, 3.8) is 0 Å². The third kappa shape index (κ3) is 3.59. The fraction of sp³-hybridized carbons (Fsp3) is 0.750. The Balaban J connectivity index is 1.38. The summed E-state index contributed by atoms with van der Waals surface area (Å²) in [7, 11) is 0. The first-order valence-corrected chi connectivity index (χ1v) is 14.1. The fourth-order valence-corrected chi connectivity index (χ4v) is 9.10. The molecule has 4 fully saturated rings. The van der Waals surface area contributed by atoms with Gasteiger partial charge in [-0.3, -0.25) is 0 Å². The van der Waals surface area contributed by atoms with Crippen LogP contribution < -0.4 is 0 Å². The molecule has 0 aromatic heterocycles. The number of hydrogen-bond acceptors (Lipinski definition) is 1. The summed E-state index contributed by atoms with van der Waals surface area (Å²) in [6, 6.07) is 9.65. The molecule has 1 heterocycles. The predicted octanol–water partition coefficient (Wildman–Crippen LogP) is 8.62. The van der Waals surface area contributed by atoms with Gasteiger partial charge in [0.05, 0.1) is 12.2 Å². The highest BCUT2D eigenvalue weighted by atomic mass is 16.5. The maximum absolute atomic E-state index is 6.71. The van der Waals surface area contributed by atoms with E-state index in [1.165, 1.54) is 69.8 Å². The van der Waals surface area contributed by atoms with Crippen LogP contribution in [0.3, 0.4) is 0 Å². The van der Waals surface area contributed by atoms with Crippen LogP contribution in [-0.4, -0.2) is 12.2 Å². The highest BCUT2D eigenvalue weighted by Crippen LogP contribution is 2.66. The maximum Gasteiger partial charge on any atom is 0.0691 e. The van der Waals surface area contributed by atoms with Crippen molar-refractivity contribution >= 4 is 0 Å². The van der Waals surface area contributed by atoms with Crippen LogP contribution in [0, 0.1) is 41.4 Å². The summed E-state index contributed by atoms with van der Waals surface area (Å²) in [5.74, 6) is 4.05. The number of hydrogen-bond donors (Lipinski definition) is 0. The predicted molar refractivity (Wildman–Crippen MR) is 137 cm³/mol. The van der Waals surface area contributed by atoms with Gasteiger partial charge in [-0.05, 0) is 111 Å². The molecule has 1 heteroatoms. The maximum atomic E-state index is 6.71. The number of fused-ring (bicyclic) bond motifs is 4. The zero-order valence-electron chi connectivity index (χ0n) is 21.9. The molecule has 1 nitrogen and oxygen atoms in total. The Bertz CT molecular complexity index is 926. The Morgan fingerprint density at radius 1 is 0.879 bits per heavy atom. The monoisotopic (exact) mass is 446 g/mol. The number of rotatable bonds is 1. The summed E-state index contributed by atoms with van der Waals surface area (Å²) < 4.78 is 6.71. The molecule has 7 atom stereocenters. The first-order valence-electron chi connectivity index (χ1n) is 14.1. The zero-order valence-corrected chi connectivity index (χ0v) is 21.9. The summed E-state index contributed by atoms with van der Waals surface area (Å²) in [5.41, 5.74) is 7.89. The average Bonchev–Trinajstić information content (AvgIpc) is 3.10. The lowest BCUT2D eigenvalue weighted by molar-refractivity contribution is -0.144. The second-order valence-corrected chi connectivity index (χ2v) is 14.0. The van der Waals surface area contributed by atoms with E-state index in [0.29, 0.717) is 16.7 Å². The number of benzene rings is 1. The van der Waals surface area contributed by atoms with Crippen molar-refractivity contribution in [3.8, 4) is 0 Å². The van der Waals surface area contributed by atoms with Crippen LogP contribution >= 0.6 is 0 Å². The lowest BCUT2D eigenvalue weighted by atomic mass is 9.50. The largest absolute Gasteiger partial charge is 0.374 e. The van der Waals surface area contributed by atoms with Gasteiger partial charge in [0.25, 0.3) is 0 Å². The topological polar surface area (TPSA) is 9.23 Å². The van der Waals surface area contributed by atoms with E-state index in [1.807, 2.05) is 11.1 Å². The Morgan fingerprint density at radius 2 is 1.67 bits per heavy atom. The third-order valence-corrected chi connectivity index (χ3v) is 11.5. The van der Waals surface area contributed by atoms with Gasteiger partial charge in [0, 0.05) is 5.92 Å². The van der Waals surface area contributed by atoms with Gasteiger partial charge in [-0.15, -0.1) is 0 Å². The molecule has 5 aliphatic rings. The van der Waals surface area contributed by atoms with Gasteiger partial charge in [0.1, 0.15) is 0 Å². The highest BCUT2D eigenvalue weighted by Gasteiger charge is 2.56. The van der Waals surface area contributed by atoms with Crippen molar-refractivity contribution in [1.29, 1.82) is 0 Å². The zero-order chi connectivity index (χ0) is 23.0. The van der Waals surface area contributed by atoms with E-state index in [-0.39, 0.29) is 5.60 Å². The van der Waals surface area contributed by atoms with E-state index in [2.05, 4.69) is 58.9 Å². The van der Waals surface area contributed by atoms with Gasteiger partial charge < -0.3 is 4.74 Å². The van der Waals surface area contributed by atoms with E-state index >= 15 is 0 Å². The molecule has 0 amide bonds. The van der Waals surface area contributed by atoms with Gasteiger partial charge >= 0.3 is 0 Å². The molecule has 1 aromatic carbocycles. The first-order chi connectivity index (χ1) is 15.7. The first kappa shape index (κ1) is 22.4. The number of aryl methyl sites for hydroxylation is 1. The van der Waals surface area contributed by atoms with Crippen LogP contribution in [0.5, 0.6) is 0 Å². The molecule has 3 saturated carbocycles. The minimum Gasteiger partial charge on any atom is -0.374 e. The SMILES string of the molecule is Cc1ccc(C2CC3(C)C(C)CCC3C3CCC4CC5(CCC4=C23)CCC(C)(C)CO5)cc1. The number of allylic oxidation sites excluding steroid dienone is 2. The van der Waals surface area contributed by atoms with Gasteiger partial charge in [0.2, 0.25) is 0 Å². The molecule has 1 saturated heterocycles. The standard InChI is InChI=1S/C32H46O/c1-21-6-9-23(10-7-21)27-19-31(5)22(2)8-13-28(31)26-12-11-24-18-32(15-14-25(24)29(26)27)17-16-30(3,4)20-33-32/h6-7,9-10,22,24,26-28H,8,11-20H2,1-5H3. The Hall–Kier alpha value is -1.08. The van der Waals surface area contributed by atoms with Crippen LogP contribution in [0.2, 0.25) is 0 Å². The van der Waals surface area contributed by atoms with Crippen LogP contribution in [0.15, 0.2) is 35.4 Å². The van der Waals surface area contributed by atoms with Crippen molar-refractivity contribution in [2.24, 2.45) is 34.5 Å². The normalized spacial score (nSPS) is 44.3. The molecule has 4 aliphatic carbocycles. The molecule has 0 bridgehead atoms. The molecule has 0 N–H and O–H groups in total. The molecule has 1 aliphatic heterocycles. The average molecular weight is 447 g/mol. The lowest BCUT2D eigenvalue weighted by Crippen LogP contribution is -2.48. The van der Waals surface area contributed by atoms with Gasteiger partial charge in [-0.25, -0.2) is 0 Å². The van der Waals surface area contributed by atoms with E-state index in [4.69, 9.17) is 4.74 Å². The minimum atomic E-state index is 0.182. The molecule has 1 aromatic rings. The molecule has 6 rings (SSSR count).